The summed E-state index contributed by atoms with van der Waals surface area (Å²) < 4.78 is 47.8. The quantitative estimate of drug-likeness (QED) is 0.627. The van der Waals surface area contributed by atoms with Crippen molar-refractivity contribution in [2.24, 2.45) is 0 Å². The molecule has 1 saturated heterocycles. The normalized spacial score (nSPS) is 18.9. The second kappa shape index (κ2) is 7.05. The molecular formula is C19H13ClF3N3O5. The molecule has 12 heteroatoms. The molecule has 0 bridgehead atoms. The third kappa shape index (κ3) is 3.83. The maximum Gasteiger partial charge on any atom is 0.573 e. The van der Waals surface area contributed by atoms with Crippen molar-refractivity contribution >= 4 is 34.6 Å². The number of carbonyl (C=O) groups is 2. The van der Waals surface area contributed by atoms with E-state index in [0.717, 1.165) is 12.1 Å². The van der Waals surface area contributed by atoms with E-state index in [1.165, 1.54) is 35.8 Å². The number of hydrogen-bond donors (Lipinski definition) is 2. The number of aromatic nitrogens is 2. The van der Waals surface area contributed by atoms with Crippen molar-refractivity contribution in [3.05, 3.63) is 63.0 Å². The summed E-state index contributed by atoms with van der Waals surface area (Å²) in [7, 11) is 0. The molecule has 1 aliphatic heterocycles. The van der Waals surface area contributed by atoms with Crippen LogP contribution in [0.5, 0.6) is 5.75 Å². The minimum Gasteiger partial charge on any atom is -0.428 e. The molecule has 2 aromatic carbocycles. The average Bonchev–Trinajstić information content (AvgIpc) is 3.11. The molecule has 4 rings (SSSR count). The lowest BCUT2D eigenvalue weighted by Gasteiger charge is -2.21. The van der Waals surface area contributed by atoms with Gasteiger partial charge in [-0.3, -0.25) is 14.7 Å². The predicted octanol–water partition coefficient (Wildman–Crippen LogP) is 3.41. The largest absolute Gasteiger partial charge is 0.573 e. The molecule has 0 aliphatic carbocycles. The number of nitrogens with one attached hydrogen (secondary N) is 2. The zero-order valence-electron chi connectivity index (χ0n) is 15.7. The van der Waals surface area contributed by atoms with Crippen LogP contribution in [0.15, 0.2) is 41.2 Å². The molecule has 2 N–H and O–H groups in total. The van der Waals surface area contributed by atoms with E-state index in [9.17, 15) is 27.6 Å². The van der Waals surface area contributed by atoms with Gasteiger partial charge in [-0.25, -0.2) is 9.59 Å². The summed E-state index contributed by atoms with van der Waals surface area (Å²) in [5.74, 6) is -1.15. The summed E-state index contributed by atoms with van der Waals surface area (Å²) in [6.45, 7) is 1.27. The van der Waals surface area contributed by atoms with Crippen LogP contribution in [0.2, 0.25) is 5.02 Å². The Labute approximate surface area is 176 Å². The highest BCUT2D eigenvalue weighted by atomic mass is 35.5. The van der Waals surface area contributed by atoms with Crippen LogP contribution >= 0.6 is 11.6 Å². The first-order valence-electron chi connectivity index (χ1n) is 8.78. The molecule has 8 nitrogen and oxygen atoms in total. The molecule has 3 aromatic rings. The van der Waals surface area contributed by atoms with Gasteiger partial charge in [-0.15, -0.1) is 13.2 Å². The highest BCUT2D eigenvalue weighted by Gasteiger charge is 2.46. The number of halogens is 4. The van der Waals surface area contributed by atoms with E-state index in [4.69, 9.17) is 16.3 Å². The first kappa shape index (κ1) is 20.8. The minimum absolute atomic E-state index is 0.132. The maximum absolute atomic E-state index is 12.6. The van der Waals surface area contributed by atoms with Crippen LogP contribution in [0.3, 0.4) is 0 Å². The number of nitrogens with zero attached hydrogens (tertiary/aromatic N) is 1. The van der Waals surface area contributed by atoms with Crippen LogP contribution in [0.4, 0.5) is 18.0 Å². The van der Waals surface area contributed by atoms with Gasteiger partial charge in [0.2, 0.25) is 5.60 Å². The fourth-order valence-corrected chi connectivity index (χ4v) is 3.49. The molecule has 0 radical (unpaired) electrons. The Morgan fingerprint density at radius 3 is 2.55 bits per heavy atom. The van der Waals surface area contributed by atoms with Crippen molar-refractivity contribution in [1.29, 1.82) is 0 Å². The Kier molecular flexibility index (Phi) is 4.73. The van der Waals surface area contributed by atoms with E-state index < -0.39 is 35.4 Å². The standard InChI is InChI=1S/C19H13ClF3N3O5/c1-18(15(27)25-17(29)31-18)10-2-4-12(20)9(6-10)8-26-14-7-11(30-19(21,22)23)3-5-13(14)24-16(26)28/h2-7H,8H2,1H3,(H,24,28)(H,25,27,29)/t18-/m1/s1. The lowest BCUT2D eigenvalue weighted by atomic mass is 9.94. The molecule has 1 aromatic heterocycles. The van der Waals surface area contributed by atoms with Crippen molar-refractivity contribution in [3.8, 4) is 5.75 Å². The number of alkyl carbamates (subject to hydrolysis) is 1. The van der Waals surface area contributed by atoms with Crippen LogP contribution in [-0.2, 0) is 21.7 Å². The number of amides is 2. The summed E-state index contributed by atoms with van der Waals surface area (Å²) >= 11 is 6.24. The van der Waals surface area contributed by atoms with Crippen LogP contribution in [0.25, 0.3) is 11.0 Å². The first-order valence-corrected chi connectivity index (χ1v) is 9.16. The summed E-state index contributed by atoms with van der Waals surface area (Å²) in [5, 5.41) is 2.28. The van der Waals surface area contributed by atoms with Crippen molar-refractivity contribution in [2.45, 2.75) is 25.4 Å². The minimum atomic E-state index is -4.89. The number of imidazole rings is 1. The third-order valence-corrected chi connectivity index (χ3v) is 5.22. The third-order valence-electron chi connectivity index (χ3n) is 4.85. The number of carbonyl (C=O) groups excluding carboxylic acids is 2. The predicted molar refractivity (Wildman–Crippen MR) is 102 cm³/mol. The molecular weight excluding hydrogens is 443 g/mol. The Morgan fingerprint density at radius 2 is 1.90 bits per heavy atom. The van der Waals surface area contributed by atoms with Gasteiger partial charge in [0.15, 0.2) is 0 Å². The zero-order chi connectivity index (χ0) is 22.6. The van der Waals surface area contributed by atoms with Crippen molar-refractivity contribution < 1.29 is 32.2 Å². The van der Waals surface area contributed by atoms with Gasteiger partial charge in [0.25, 0.3) is 5.91 Å². The number of imide groups is 1. The van der Waals surface area contributed by atoms with E-state index in [-0.39, 0.29) is 17.1 Å². The molecule has 2 amide bonds. The number of cyclic esters (lactones) is 1. The highest BCUT2D eigenvalue weighted by Crippen LogP contribution is 2.33. The molecule has 31 heavy (non-hydrogen) atoms. The number of aromatic amines is 1. The zero-order valence-corrected chi connectivity index (χ0v) is 16.4. The van der Waals surface area contributed by atoms with Gasteiger partial charge in [-0.1, -0.05) is 17.7 Å². The lowest BCUT2D eigenvalue weighted by Crippen LogP contribution is -2.33. The van der Waals surface area contributed by atoms with E-state index in [1.807, 2.05) is 5.32 Å². The fourth-order valence-electron chi connectivity index (χ4n) is 3.31. The number of H-pyrrole nitrogens is 1. The van der Waals surface area contributed by atoms with Crippen LogP contribution in [0.1, 0.15) is 18.1 Å². The Morgan fingerprint density at radius 1 is 1.16 bits per heavy atom. The van der Waals surface area contributed by atoms with Gasteiger partial charge >= 0.3 is 18.1 Å². The average molecular weight is 456 g/mol. The maximum atomic E-state index is 12.6. The van der Waals surface area contributed by atoms with Gasteiger partial charge in [0, 0.05) is 16.7 Å². The number of rotatable bonds is 4. The second-order valence-electron chi connectivity index (χ2n) is 6.93. The topological polar surface area (TPSA) is 102 Å². The number of hydrogen-bond acceptors (Lipinski definition) is 5. The Balaban J connectivity index is 1.75. The number of alkyl halides is 3. The summed E-state index contributed by atoms with van der Waals surface area (Å²) in [4.78, 5) is 38.6. The Hall–Kier alpha value is -3.47. The first-order chi connectivity index (χ1) is 14.5. The van der Waals surface area contributed by atoms with Crippen LogP contribution < -0.4 is 15.7 Å². The van der Waals surface area contributed by atoms with Gasteiger partial charge in [0.1, 0.15) is 5.75 Å². The van der Waals surface area contributed by atoms with Gasteiger partial charge < -0.3 is 14.5 Å². The molecule has 0 unspecified atom stereocenters. The van der Waals surface area contributed by atoms with Crippen molar-refractivity contribution in [2.75, 3.05) is 0 Å². The van der Waals surface area contributed by atoms with Crippen molar-refractivity contribution in [3.63, 3.8) is 0 Å². The van der Waals surface area contributed by atoms with E-state index in [0.29, 0.717) is 16.6 Å². The molecule has 162 valence electrons. The summed E-state index contributed by atoms with van der Waals surface area (Å²) in [5.41, 5.74) is -1.04. The highest BCUT2D eigenvalue weighted by molar-refractivity contribution is 6.31. The Bertz CT molecular complexity index is 1280. The molecule has 1 fully saturated rings. The second-order valence-corrected chi connectivity index (χ2v) is 7.33. The van der Waals surface area contributed by atoms with Crippen molar-refractivity contribution in [1.82, 2.24) is 14.9 Å². The van der Waals surface area contributed by atoms with E-state index in [2.05, 4.69) is 9.72 Å². The van der Waals surface area contributed by atoms with Crippen LogP contribution in [-0.4, -0.2) is 27.9 Å². The molecule has 2 heterocycles. The van der Waals surface area contributed by atoms with Crippen LogP contribution in [0, 0.1) is 0 Å². The van der Waals surface area contributed by atoms with Gasteiger partial charge in [-0.2, -0.15) is 0 Å². The molecule has 1 atom stereocenters. The monoisotopic (exact) mass is 455 g/mol. The lowest BCUT2D eigenvalue weighted by molar-refractivity contribution is -0.274. The summed E-state index contributed by atoms with van der Waals surface area (Å²) in [6.07, 6.45) is -5.78. The number of fused-ring (bicyclic) bond motifs is 1. The van der Waals surface area contributed by atoms with E-state index in [1.54, 1.807) is 0 Å². The van der Waals surface area contributed by atoms with Gasteiger partial charge in [-0.05, 0) is 36.8 Å². The molecule has 1 aliphatic rings. The summed E-state index contributed by atoms with van der Waals surface area (Å²) in [6, 6.07) is 7.90. The SMILES string of the molecule is C[C@]1(c2ccc(Cl)c(Cn3c(=O)[nH]c4ccc(OC(F)(F)F)cc43)c2)OC(=O)NC1=O. The molecule has 0 spiro atoms. The number of ether oxygens (including phenoxy) is 2. The van der Waals surface area contributed by atoms with Gasteiger partial charge in [0.05, 0.1) is 17.6 Å². The number of benzene rings is 2. The fraction of sp³-hybridized carbons (Fsp3) is 0.211. The smallest absolute Gasteiger partial charge is 0.428 e. The van der Waals surface area contributed by atoms with E-state index >= 15 is 0 Å². The molecule has 0 saturated carbocycles.